The summed E-state index contributed by atoms with van der Waals surface area (Å²) in [5.74, 6) is -1.42. The Labute approximate surface area is 174 Å². The van der Waals surface area contributed by atoms with E-state index in [1.165, 1.54) is 6.92 Å². The summed E-state index contributed by atoms with van der Waals surface area (Å²) in [4.78, 5) is 43.0. The van der Waals surface area contributed by atoms with Gasteiger partial charge in [0.05, 0.1) is 31.9 Å². The van der Waals surface area contributed by atoms with Crippen molar-refractivity contribution in [3.8, 4) is 0 Å². The fraction of sp³-hybridized carbons (Fsp3) is 0.0526. The van der Waals surface area contributed by atoms with Gasteiger partial charge >= 0.3 is 0 Å². The molecule has 0 spiro atoms. The van der Waals surface area contributed by atoms with E-state index in [-0.39, 0.29) is 20.7 Å². The number of nitrogens with one attached hydrogen (secondary N) is 1. The first-order valence-electron chi connectivity index (χ1n) is 8.09. The number of benzene rings is 2. The van der Waals surface area contributed by atoms with E-state index >= 15 is 0 Å². The van der Waals surface area contributed by atoms with Crippen molar-refractivity contribution in [3.05, 3.63) is 63.0 Å². The maximum absolute atomic E-state index is 12.9. The molecule has 2 aliphatic rings. The molecule has 4 rings (SSSR count). The number of amides is 3. The van der Waals surface area contributed by atoms with E-state index in [4.69, 9.17) is 23.2 Å². The Bertz CT molecular complexity index is 1130. The summed E-state index contributed by atoms with van der Waals surface area (Å²) in [5.41, 5.74) is 1.56. The average Bonchev–Trinajstić information content (AvgIpc) is 3.14. The molecular formula is C19H11Cl2N3O3S. The second kappa shape index (κ2) is 7.09. The molecule has 0 aromatic heterocycles. The highest BCUT2D eigenvalue weighted by atomic mass is 35.5. The number of para-hydroxylation sites is 1. The number of halogens is 2. The van der Waals surface area contributed by atoms with Crippen LogP contribution in [0.15, 0.2) is 52.4 Å². The van der Waals surface area contributed by atoms with Crippen molar-refractivity contribution < 1.29 is 14.4 Å². The van der Waals surface area contributed by atoms with Gasteiger partial charge in [-0.15, -0.1) is 0 Å². The number of anilines is 1. The Hall–Kier alpha value is -2.61. The predicted molar refractivity (Wildman–Crippen MR) is 111 cm³/mol. The quantitative estimate of drug-likeness (QED) is 0.687. The monoisotopic (exact) mass is 431 g/mol. The number of imide groups is 1. The number of thioether (sulfide) groups is 1. The Kier molecular flexibility index (Phi) is 4.74. The minimum Gasteiger partial charge on any atom is -0.300 e. The van der Waals surface area contributed by atoms with Gasteiger partial charge in [-0.3, -0.25) is 14.4 Å². The summed E-state index contributed by atoms with van der Waals surface area (Å²) in [6.45, 7) is 1.30. The van der Waals surface area contributed by atoms with Crippen molar-refractivity contribution in [2.24, 2.45) is 4.99 Å². The molecule has 1 saturated heterocycles. The first-order valence-corrected chi connectivity index (χ1v) is 9.66. The number of amidine groups is 1. The molecule has 28 heavy (non-hydrogen) atoms. The summed E-state index contributed by atoms with van der Waals surface area (Å²) in [6, 6.07) is 11.8. The minimum atomic E-state index is -0.534. The van der Waals surface area contributed by atoms with Crippen LogP contribution in [0.25, 0.3) is 5.57 Å². The minimum absolute atomic E-state index is 0.177. The Morgan fingerprint density at radius 1 is 1.11 bits per heavy atom. The molecule has 2 aromatic carbocycles. The van der Waals surface area contributed by atoms with Crippen LogP contribution in [0.3, 0.4) is 0 Å². The molecule has 0 radical (unpaired) electrons. The third kappa shape index (κ3) is 3.01. The predicted octanol–water partition coefficient (Wildman–Crippen LogP) is 4.15. The van der Waals surface area contributed by atoms with Gasteiger partial charge in [-0.05, 0) is 30.0 Å². The third-order valence-electron chi connectivity index (χ3n) is 4.15. The topological polar surface area (TPSA) is 78.8 Å². The number of rotatable bonds is 1. The van der Waals surface area contributed by atoms with Crippen LogP contribution >= 0.6 is 35.0 Å². The van der Waals surface area contributed by atoms with Crippen molar-refractivity contribution in [2.75, 3.05) is 4.90 Å². The van der Waals surface area contributed by atoms with Crippen LogP contribution in [0.4, 0.5) is 11.4 Å². The summed E-state index contributed by atoms with van der Waals surface area (Å²) in [5, 5.41) is 3.50. The second-order valence-corrected chi connectivity index (χ2v) is 7.71. The highest BCUT2D eigenvalue weighted by Crippen LogP contribution is 2.43. The van der Waals surface area contributed by atoms with E-state index in [0.717, 1.165) is 16.7 Å². The summed E-state index contributed by atoms with van der Waals surface area (Å²) in [6.07, 6.45) is 0. The maximum Gasteiger partial charge on any atom is 0.267 e. The van der Waals surface area contributed by atoms with Crippen LogP contribution < -0.4 is 10.2 Å². The van der Waals surface area contributed by atoms with Gasteiger partial charge in [0.2, 0.25) is 5.91 Å². The zero-order valence-electron chi connectivity index (χ0n) is 14.3. The first kappa shape index (κ1) is 18.7. The SMILES string of the molecule is CC(=O)N1C(=O)C(=C2SC(=Nc3cccc(Cl)c3Cl)NC2=O)c2ccccc21. The number of hydrogen-bond donors (Lipinski definition) is 1. The lowest BCUT2D eigenvalue weighted by atomic mass is 10.1. The number of carbonyl (C=O) groups is 3. The zero-order chi connectivity index (χ0) is 20.0. The molecule has 3 amide bonds. The van der Waals surface area contributed by atoms with Gasteiger partial charge < -0.3 is 5.32 Å². The van der Waals surface area contributed by atoms with Gasteiger partial charge in [0.25, 0.3) is 11.8 Å². The fourth-order valence-electron chi connectivity index (χ4n) is 2.97. The van der Waals surface area contributed by atoms with Gasteiger partial charge in [-0.2, -0.15) is 0 Å². The Balaban J connectivity index is 1.80. The smallest absolute Gasteiger partial charge is 0.267 e. The summed E-state index contributed by atoms with van der Waals surface area (Å²) in [7, 11) is 0. The molecule has 9 heteroatoms. The lowest BCUT2D eigenvalue weighted by molar-refractivity contribution is -0.122. The van der Waals surface area contributed by atoms with Crippen LogP contribution in [-0.4, -0.2) is 22.9 Å². The lowest BCUT2D eigenvalue weighted by Gasteiger charge is -2.11. The van der Waals surface area contributed by atoms with Crippen LogP contribution in [0.2, 0.25) is 10.0 Å². The van der Waals surface area contributed by atoms with Crippen LogP contribution in [-0.2, 0) is 14.4 Å². The number of nitrogens with zero attached hydrogens (tertiary/aromatic N) is 2. The molecular weight excluding hydrogens is 421 g/mol. The van der Waals surface area contributed by atoms with Crippen molar-refractivity contribution in [1.82, 2.24) is 5.32 Å². The third-order valence-corrected chi connectivity index (χ3v) is 5.94. The highest BCUT2D eigenvalue weighted by molar-refractivity contribution is 8.18. The molecule has 1 N–H and O–H groups in total. The van der Waals surface area contributed by atoms with Gasteiger partial charge in [0.15, 0.2) is 5.17 Å². The molecule has 0 unspecified atom stereocenters. The van der Waals surface area contributed by atoms with E-state index in [1.807, 2.05) is 0 Å². The highest BCUT2D eigenvalue weighted by Gasteiger charge is 2.40. The largest absolute Gasteiger partial charge is 0.300 e. The van der Waals surface area contributed by atoms with Gasteiger partial charge in [0.1, 0.15) is 0 Å². The molecule has 6 nitrogen and oxygen atoms in total. The number of fused-ring (bicyclic) bond motifs is 1. The van der Waals surface area contributed by atoms with Crippen molar-refractivity contribution in [2.45, 2.75) is 6.92 Å². The standard InChI is InChI=1S/C19H11Cl2N3O3S/c1-9(25)24-13-8-3-2-5-10(13)14(18(24)27)16-17(26)23-19(28-16)22-12-7-4-6-11(20)15(12)21/h2-8H,1H3,(H,22,23,26). The van der Waals surface area contributed by atoms with Crippen molar-refractivity contribution >= 4 is 74.8 Å². The van der Waals surface area contributed by atoms with E-state index in [1.54, 1.807) is 42.5 Å². The normalized spacial score (nSPS) is 20.0. The molecule has 2 heterocycles. The molecule has 0 saturated carbocycles. The summed E-state index contributed by atoms with van der Waals surface area (Å²) >= 11 is 13.2. The molecule has 1 fully saturated rings. The number of carbonyl (C=O) groups excluding carboxylic acids is 3. The van der Waals surface area contributed by atoms with Crippen LogP contribution in [0.1, 0.15) is 12.5 Å². The van der Waals surface area contributed by atoms with Crippen molar-refractivity contribution in [1.29, 1.82) is 0 Å². The fourth-order valence-corrected chi connectivity index (χ4v) is 4.24. The van der Waals surface area contributed by atoms with Crippen LogP contribution in [0.5, 0.6) is 0 Å². The van der Waals surface area contributed by atoms with E-state index in [2.05, 4.69) is 10.3 Å². The van der Waals surface area contributed by atoms with Crippen LogP contribution in [0, 0.1) is 0 Å². The van der Waals surface area contributed by atoms with Crippen molar-refractivity contribution in [3.63, 3.8) is 0 Å². The van der Waals surface area contributed by atoms with E-state index in [0.29, 0.717) is 22.0 Å². The molecule has 2 aromatic rings. The Morgan fingerprint density at radius 2 is 1.86 bits per heavy atom. The number of aliphatic imine (C=N–C) groups is 1. The van der Waals surface area contributed by atoms with Gasteiger partial charge in [0, 0.05) is 12.5 Å². The number of hydrogen-bond acceptors (Lipinski definition) is 5. The molecule has 0 atom stereocenters. The molecule has 0 bridgehead atoms. The lowest BCUT2D eigenvalue weighted by Crippen LogP contribution is -2.31. The van der Waals surface area contributed by atoms with Gasteiger partial charge in [-0.1, -0.05) is 47.5 Å². The average molecular weight is 432 g/mol. The van der Waals surface area contributed by atoms with E-state index < -0.39 is 17.7 Å². The molecule has 0 aliphatic carbocycles. The first-order chi connectivity index (χ1) is 13.4. The Morgan fingerprint density at radius 3 is 2.61 bits per heavy atom. The molecule has 2 aliphatic heterocycles. The van der Waals surface area contributed by atoms with Gasteiger partial charge in [-0.25, -0.2) is 9.89 Å². The summed E-state index contributed by atoms with van der Waals surface area (Å²) < 4.78 is 0. The molecule has 140 valence electrons. The second-order valence-electron chi connectivity index (χ2n) is 5.93. The zero-order valence-corrected chi connectivity index (χ0v) is 16.7. The van der Waals surface area contributed by atoms with E-state index in [9.17, 15) is 14.4 Å². The maximum atomic E-state index is 12.9.